The Morgan fingerprint density at radius 2 is 0.914 bits per heavy atom. The summed E-state index contributed by atoms with van der Waals surface area (Å²) in [6.07, 6.45) is 8.50. The molecule has 0 radical (unpaired) electrons. The minimum atomic E-state index is -0.106. The van der Waals surface area contributed by atoms with Crippen LogP contribution in [0.1, 0.15) is 52.7 Å². The first-order valence-electron chi connectivity index (χ1n) is 11.6. The standard InChI is InChI=1S/2C14H19N2.2ClH.Pd/c2*1-14(2,3)16-10-9-15(12-16)11-13-7-5-4-6-8-13;;;/h2*4-10,12H,11H2,1-3H3;2*1H;/q2*-1;;;+2/p-2. The molecular formula is C28H38Cl2N4Pd-2. The van der Waals surface area contributed by atoms with Gasteiger partial charge in [-0.25, -0.2) is 0 Å². The van der Waals surface area contributed by atoms with Crippen LogP contribution in [0.4, 0.5) is 0 Å². The third kappa shape index (κ3) is 10.9. The van der Waals surface area contributed by atoms with E-state index in [1.54, 1.807) is 0 Å². The van der Waals surface area contributed by atoms with E-state index in [4.69, 9.17) is 19.1 Å². The zero-order valence-electron chi connectivity index (χ0n) is 21.5. The summed E-state index contributed by atoms with van der Waals surface area (Å²) in [5.41, 5.74) is 2.97. The normalized spacial score (nSPS) is 15.2. The molecule has 0 unspecified atom stereocenters. The molecule has 35 heavy (non-hydrogen) atoms. The summed E-state index contributed by atoms with van der Waals surface area (Å²) in [6, 6.07) is 21.0. The van der Waals surface area contributed by atoms with Gasteiger partial charge in [0.25, 0.3) is 0 Å². The average molecular weight is 608 g/mol. The van der Waals surface area contributed by atoms with Crippen LogP contribution in [0.3, 0.4) is 0 Å². The molecule has 4 nitrogen and oxygen atoms in total. The number of rotatable bonds is 4. The van der Waals surface area contributed by atoms with Crippen LogP contribution in [0.25, 0.3) is 0 Å². The van der Waals surface area contributed by atoms with Crippen molar-refractivity contribution < 1.29 is 15.9 Å². The Morgan fingerprint density at radius 1 is 0.600 bits per heavy atom. The molecular weight excluding hydrogens is 570 g/mol. The van der Waals surface area contributed by atoms with Crippen molar-refractivity contribution in [3.8, 4) is 0 Å². The predicted octanol–water partition coefficient (Wildman–Crippen LogP) is 7.76. The number of hydrogen-bond acceptors (Lipinski definition) is 4. The Hall–Kier alpha value is -1.64. The Balaban J connectivity index is 0.000000222. The molecule has 2 aromatic rings. The van der Waals surface area contributed by atoms with Gasteiger partial charge in [0.1, 0.15) is 0 Å². The molecule has 0 atom stereocenters. The summed E-state index contributed by atoms with van der Waals surface area (Å²) >= 11 is -0.106. The number of hydrogen-bond donors (Lipinski definition) is 0. The quantitative estimate of drug-likeness (QED) is 0.260. The summed E-state index contributed by atoms with van der Waals surface area (Å²) in [5, 5.41) is 0. The average Bonchev–Trinajstić information content (AvgIpc) is 3.46. The SMILES string of the molecule is CC(C)(C)N1C=CN(Cc2ccccc2)[CH-]1.CC(C)(C)N1C=CN(Cc2ccccc2)[CH-]1.[Cl][Pd][Cl]. The van der Waals surface area contributed by atoms with E-state index in [-0.39, 0.29) is 27.0 Å². The topological polar surface area (TPSA) is 13.0 Å². The molecule has 2 aromatic carbocycles. The molecule has 0 saturated carbocycles. The van der Waals surface area contributed by atoms with Gasteiger partial charge < -0.3 is 19.6 Å². The van der Waals surface area contributed by atoms with Crippen LogP contribution in [-0.2, 0) is 29.0 Å². The first-order valence-corrected chi connectivity index (χ1v) is 15.6. The van der Waals surface area contributed by atoms with Gasteiger partial charge >= 0.3 is 35.0 Å². The van der Waals surface area contributed by atoms with Crippen LogP contribution in [-0.4, -0.2) is 30.7 Å². The zero-order chi connectivity index (χ0) is 25.9. The first kappa shape index (κ1) is 29.6. The van der Waals surface area contributed by atoms with E-state index in [9.17, 15) is 0 Å². The fourth-order valence-electron chi connectivity index (χ4n) is 3.36. The summed E-state index contributed by atoms with van der Waals surface area (Å²) in [6.45, 7) is 19.4. The molecule has 0 amide bonds. The van der Waals surface area contributed by atoms with Crippen molar-refractivity contribution in [2.24, 2.45) is 0 Å². The van der Waals surface area contributed by atoms with Crippen LogP contribution in [0, 0.1) is 13.3 Å². The van der Waals surface area contributed by atoms with E-state index in [2.05, 4.69) is 160 Å². The van der Waals surface area contributed by atoms with Gasteiger partial charge in [-0.15, -0.1) is 0 Å². The monoisotopic (exact) mass is 606 g/mol. The van der Waals surface area contributed by atoms with Crippen LogP contribution in [0.2, 0.25) is 0 Å². The van der Waals surface area contributed by atoms with Crippen molar-refractivity contribution in [3.63, 3.8) is 0 Å². The first-order chi connectivity index (χ1) is 16.5. The molecule has 2 heterocycles. The van der Waals surface area contributed by atoms with Crippen molar-refractivity contribution in [2.75, 3.05) is 0 Å². The molecule has 0 spiro atoms. The molecule has 0 saturated heterocycles. The Bertz CT molecular complexity index is 833. The maximum absolute atomic E-state index is 4.81. The van der Waals surface area contributed by atoms with E-state index in [0.717, 1.165) is 13.1 Å². The number of benzene rings is 2. The van der Waals surface area contributed by atoms with Crippen LogP contribution in [0.15, 0.2) is 85.5 Å². The molecule has 2 aliphatic heterocycles. The van der Waals surface area contributed by atoms with Gasteiger partial charge in [-0.3, -0.25) is 0 Å². The Kier molecular flexibility index (Phi) is 12.0. The van der Waals surface area contributed by atoms with E-state index in [1.807, 2.05) is 0 Å². The van der Waals surface area contributed by atoms with E-state index in [0.29, 0.717) is 0 Å². The van der Waals surface area contributed by atoms with E-state index < -0.39 is 0 Å². The maximum atomic E-state index is 4.81. The van der Waals surface area contributed by atoms with Gasteiger partial charge in [0.05, 0.1) is 0 Å². The van der Waals surface area contributed by atoms with Gasteiger partial charge in [-0.1, -0.05) is 60.7 Å². The van der Waals surface area contributed by atoms with E-state index in [1.165, 1.54) is 11.1 Å². The molecule has 7 heteroatoms. The summed E-state index contributed by atoms with van der Waals surface area (Å²) in [7, 11) is 9.63. The molecule has 0 N–H and O–H groups in total. The van der Waals surface area contributed by atoms with Gasteiger partial charge in [-0.2, -0.15) is 13.3 Å². The Morgan fingerprint density at radius 3 is 1.17 bits per heavy atom. The predicted molar refractivity (Wildman–Crippen MR) is 146 cm³/mol. The summed E-state index contributed by atoms with van der Waals surface area (Å²) < 4.78 is 0. The molecule has 4 rings (SSSR count). The van der Waals surface area contributed by atoms with Gasteiger partial charge in [0.15, 0.2) is 0 Å². The van der Waals surface area contributed by atoms with Crippen molar-refractivity contribution in [1.82, 2.24) is 19.6 Å². The molecule has 2 aliphatic rings. The second kappa shape index (κ2) is 14.2. The summed E-state index contributed by atoms with van der Waals surface area (Å²) in [5.74, 6) is 0. The molecule has 0 aromatic heterocycles. The molecule has 0 fully saturated rings. The van der Waals surface area contributed by atoms with Crippen LogP contribution >= 0.6 is 19.1 Å². The summed E-state index contributed by atoms with van der Waals surface area (Å²) in [4.78, 5) is 8.88. The number of nitrogens with zero attached hydrogens (tertiary/aromatic N) is 4. The van der Waals surface area contributed by atoms with Crippen LogP contribution < -0.4 is 0 Å². The number of halogens is 2. The minimum absolute atomic E-state index is 0.106. The van der Waals surface area contributed by atoms with Crippen molar-refractivity contribution in [3.05, 3.63) is 110 Å². The third-order valence-corrected chi connectivity index (χ3v) is 5.35. The molecule has 0 aliphatic carbocycles. The van der Waals surface area contributed by atoms with Crippen molar-refractivity contribution in [2.45, 2.75) is 65.7 Å². The third-order valence-electron chi connectivity index (χ3n) is 5.35. The van der Waals surface area contributed by atoms with Gasteiger partial charge in [0.2, 0.25) is 0 Å². The van der Waals surface area contributed by atoms with Crippen molar-refractivity contribution in [1.29, 1.82) is 0 Å². The fraction of sp³-hybridized carbons (Fsp3) is 0.357. The van der Waals surface area contributed by atoms with Crippen LogP contribution in [0.5, 0.6) is 0 Å². The fourth-order valence-corrected chi connectivity index (χ4v) is 3.36. The Labute approximate surface area is 229 Å². The zero-order valence-corrected chi connectivity index (χ0v) is 24.6. The van der Waals surface area contributed by atoms with Crippen molar-refractivity contribution >= 4 is 19.1 Å². The van der Waals surface area contributed by atoms with Gasteiger partial charge in [-0.05, 0) is 77.5 Å². The molecule has 0 bridgehead atoms. The second-order valence-electron chi connectivity index (χ2n) is 10.3. The molecule has 196 valence electrons. The van der Waals surface area contributed by atoms with E-state index >= 15 is 0 Å². The second-order valence-corrected chi connectivity index (χ2v) is 12.7. The van der Waals surface area contributed by atoms with Gasteiger partial charge in [0, 0.05) is 24.2 Å².